The number of amides is 1. The van der Waals surface area contributed by atoms with Crippen molar-refractivity contribution in [3.63, 3.8) is 0 Å². The first-order chi connectivity index (χ1) is 14.7. The van der Waals surface area contributed by atoms with E-state index < -0.39 is 0 Å². The molecule has 1 amide bonds. The number of hydrogen-bond donors (Lipinski definition) is 1. The first kappa shape index (κ1) is 18.7. The lowest BCUT2D eigenvalue weighted by Gasteiger charge is -2.11. The lowest BCUT2D eigenvalue weighted by atomic mass is 10.1. The van der Waals surface area contributed by atoms with Gasteiger partial charge < -0.3 is 18.9 Å². The second-order valence-electron chi connectivity index (χ2n) is 7.34. The molecule has 1 aliphatic carbocycles. The summed E-state index contributed by atoms with van der Waals surface area (Å²) in [6, 6.07) is 13.5. The number of nitrogens with zero attached hydrogens (tertiary/aromatic N) is 1. The van der Waals surface area contributed by atoms with Crippen LogP contribution in [0, 0.1) is 0 Å². The zero-order valence-electron chi connectivity index (χ0n) is 16.2. The number of carbonyl (C=O) groups excluding carboxylic acids is 1. The zero-order chi connectivity index (χ0) is 20.5. The number of nitrogens with one attached hydrogen (secondary N) is 1. The minimum atomic E-state index is -0.219. The van der Waals surface area contributed by atoms with Crippen molar-refractivity contribution in [2.45, 2.75) is 32.4 Å². The predicted octanol–water partition coefficient (Wildman–Crippen LogP) is 4.20. The molecule has 6 nitrogen and oxygen atoms in total. The molecule has 152 valence electrons. The highest BCUT2D eigenvalue weighted by Crippen LogP contribution is 2.27. The smallest absolute Gasteiger partial charge is 0.277 e. The van der Waals surface area contributed by atoms with Crippen molar-refractivity contribution < 1.29 is 18.4 Å². The third-order valence-corrected chi connectivity index (χ3v) is 5.60. The second-order valence-corrected chi connectivity index (χ2v) is 7.72. The van der Waals surface area contributed by atoms with Crippen LogP contribution in [0.4, 0.5) is 0 Å². The topological polar surface area (TPSA) is 67.8 Å². The van der Waals surface area contributed by atoms with Crippen LogP contribution in [-0.4, -0.2) is 15.9 Å². The first-order valence-electron chi connectivity index (χ1n) is 9.86. The van der Waals surface area contributed by atoms with Crippen molar-refractivity contribution >= 4 is 29.3 Å². The van der Waals surface area contributed by atoms with Gasteiger partial charge in [0.1, 0.15) is 35.3 Å². The highest BCUT2D eigenvalue weighted by atomic mass is 32.1. The van der Waals surface area contributed by atoms with Crippen molar-refractivity contribution in [3.05, 3.63) is 82.8 Å². The highest BCUT2D eigenvalue weighted by molar-refractivity contribution is 7.80. The van der Waals surface area contributed by atoms with Gasteiger partial charge in [-0.3, -0.25) is 9.69 Å². The molecule has 0 spiro atoms. The van der Waals surface area contributed by atoms with Crippen LogP contribution >= 0.6 is 12.2 Å². The molecule has 7 heteroatoms. The third kappa shape index (κ3) is 3.76. The molecule has 0 radical (unpaired) electrons. The summed E-state index contributed by atoms with van der Waals surface area (Å²) in [7, 11) is 0. The lowest BCUT2D eigenvalue weighted by molar-refractivity contribution is -0.122. The normalized spacial score (nSPS) is 16.9. The molecule has 0 saturated carbocycles. The van der Waals surface area contributed by atoms with Gasteiger partial charge in [0, 0.05) is 6.08 Å². The van der Waals surface area contributed by atoms with E-state index in [-0.39, 0.29) is 12.5 Å². The van der Waals surface area contributed by atoms with Crippen molar-refractivity contribution in [1.29, 1.82) is 0 Å². The summed E-state index contributed by atoms with van der Waals surface area (Å²) in [4.78, 5) is 14.1. The summed E-state index contributed by atoms with van der Waals surface area (Å²) >= 11 is 5.28. The third-order valence-electron chi connectivity index (χ3n) is 5.28. The number of aryl methyl sites for hydroxylation is 2. The Bertz CT molecular complexity index is 1130. The van der Waals surface area contributed by atoms with E-state index in [1.807, 2.05) is 18.2 Å². The van der Waals surface area contributed by atoms with Crippen LogP contribution in [-0.2, 0) is 30.8 Å². The maximum Gasteiger partial charge on any atom is 0.277 e. The Morgan fingerprint density at radius 1 is 1.13 bits per heavy atom. The molecule has 0 bridgehead atoms. The van der Waals surface area contributed by atoms with Gasteiger partial charge in [-0.25, -0.2) is 0 Å². The van der Waals surface area contributed by atoms with E-state index in [2.05, 4.69) is 17.4 Å². The van der Waals surface area contributed by atoms with Crippen molar-refractivity contribution in [3.8, 4) is 5.75 Å². The van der Waals surface area contributed by atoms with Gasteiger partial charge in [0.2, 0.25) is 0 Å². The van der Waals surface area contributed by atoms with Crippen LogP contribution in [0.1, 0.15) is 34.8 Å². The molecule has 2 aliphatic rings. The molecule has 2 aromatic heterocycles. The Morgan fingerprint density at radius 3 is 2.90 bits per heavy atom. The minimum Gasteiger partial charge on any atom is -0.486 e. The van der Waals surface area contributed by atoms with Crippen LogP contribution in [0.15, 0.2) is 63.3 Å². The quantitative estimate of drug-likeness (QED) is 0.476. The Hall–Kier alpha value is -3.32. The molecule has 0 unspecified atom stereocenters. The summed E-state index contributed by atoms with van der Waals surface area (Å²) in [6.07, 6.45) is 6.70. The SMILES string of the molecule is O=C1/C(=C\c2ccc(COc3ccc4c(c3)CCC4)o2)NC(=S)N1Cc1ccco1. The van der Waals surface area contributed by atoms with E-state index in [0.29, 0.717) is 34.7 Å². The number of ether oxygens (including phenoxy) is 1. The zero-order valence-corrected chi connectivity index (χ0v) is 17.0. The minimum absolute atomic E-state index is 0.219. The molecular weight excluding hydrogens is 400 g/mol. The maximum absolute atomic E-state index is 12.7. The summed E-state index contributed by atoms with van der Waals surface area (Å²) < 4.78 is 17.0. The lowest BCUT2D eigenvalue weighted by Crippen LogP contribution is -2.29. The molecule has 1 aromatic carbocycles. The molecule has 1 N–H and O–H groups in total. The first-order valence-corrected chi connectivity index (χ1v) is 10.3. The Labute approximate surface area is 179 Å². The van der Waals surface area contributed by atoms with Crippen LogP contribution in [0.3, 0.4) is 0 Å². The van der Waals surface area contributed by atoms with Gasteiger partial charge in [-0.1, -0.05) is 6.07 Å². The standard InChI is InChI=1S/C23H20N2O4S/c26-22-21(24-23(30)25(22)13-19-5-2-10-27-19)12-18-8-9-20(29-18)14-28-17-7-6-15-3-1-4-16(15)11-17/h2,5-12H,1,3-4,13-14H2,(H,24,30)/b21-12+. The summed E-state index contributed by atoms with van der Waals surface area (Å²) in [5, 5.41) is 3.28. The maximum atomic E-state index is 12.7. The van der Waals surface area contributed by atoms with Crippen LogP contribution < -0.4 is 10.1 Å². The molecule has 1 aliphatic heterocycles. The number of benzene rings is 1. The summed E-state index contributed by atoms with van der Waals surface area (Å²) in [6.45, 7) is 0.611. The average molecular weight is 420 g/mol. The Balaban J connectivity index is 1.23. The molecule has 3 heterocycles. The van der Waals surface area contributed by atoms with Crippen molar-refractivity contribution in [1.82, 2.24) is 10.2 Å². The number of furan rings is 2. The molecule has 1 saturated heterocycles. The Morgan fingerprint density at radius 2 is 2.03 bits per heavy atom. The van der Waals surface area contributed by atoms with Gasteiger partial charge in [-0.15, -0.1) is 0 Å². The number of hydrogen-bond acceptors (Lipinski definition) is 5. The van der Waals surface area contributed by atoms with E-state index in [4.69, 9.17) is 25.8 Å². The van der Waals surface area contributed by atoms with Crippen LogP contribution in [0.25, 0.3) is 6.08 Å². The Kier molecular flexibility index (Phi) is 4.88. The van der Waals surface area contributed by atoms with Gasteiger partial charge in [-0.05, 0) is 79.0 Å². The number of fused-ring (bicyclic) bond motifs is 1. The fraction of sp³-hybridized carbons (Fsp3) is 0.217. The highest BCUT2D eigenvalue weighted by Gasteiger charge is 2.31. The molecule has 1 fully saturated rings. The van der Waals surface area contributed by atoms with Crippen LogP contribution in [0.5, 0.6) is 5.75 Å². The van der Waals surface area contributed by atoms with Crippen molar-refractivity contribution in [2.24, 2.45) is 0 Å². The molecule has 3 aromatic rings. The fourth-order valence-corrected chi connectivity index (χ4v) is 4.02. The number of rotatable bonds is 6. The average Bonchev–Trinajstić information content (AvgIpc) is 3.53. The molecule has 0 atom stereocenters. The fourth-order valence-electron chi connectivity index (χ4n) is 3.76. The molecule has 30 heavy (non-hydrogen) atoms. The summed E-state index contributed by atoms with van der Waals surface area (Å²) in [5.41, 5.74) is 3.16. The number of carbonyl (C=O) groups is 1. The van der Waals surface area contributed by atoms with Gasteiger partial charge >= 0.3 is 0 Å². The van der Waals surface area contributed by atoms with E-state index in [1.165, 1.54) is 22.4 Å². The van der Waals surface area contributed by atoms with E-state index in [1.54, 1.807) is 24.5 Å². The number of thiocarbonyl (C=S) groups is 1. The van der Waals surface area contributed by atoms with E-state index >= 15 is 0 Å². The van der Waals surface area contributed by atoms with Crippen LogP contribution in [0.2, 0.25) is 0 Å². The van der Waals surface area contributed by atoms with Gasteiger partial charge in [0.05, 0.1) is 12.8 Å². The largest absolute Gasteiger partial charge is 0.486 e. The second kappa shape index (κ2) is 7.84. The van der Waals surface area contributed by atoms with E-state index in [9.17, 15) is 4.79 Å². The summed E-state index contributed by atoms with van der Waals surface area (Å²) in [5.74, 6) is 2.53. The van der Waals surface area contributed by atoms with Crippen molar-refractivity contribution in [2.75, 3.05) is 0 Å². The van der Waals surface area contributed by atoms with E-state index in [0.717, 1.165) is 18.6 Å². The molecule has 5 rings (SSSR count). The monoisotopic (exact) mass is 420 g/mol. The van der Waals surface area contributed by atoms with Gasteiger partial charge in [0.15, 0.2) is 5.11 Å². The molecular formula is C23H20N2O4S. The van der Waals surface area contributed by atoms with Gasteiger partial charge in [0.25, 0.3) is 5.91 Å². The predicted molar refractivity (Wildman–Crippen MR) is 114 cm³/mol. The van der Waals surface area contributed by atoms with Gasteiger partial charge in [-0.2, -0.15) is 0 Å².